The van der Waals surface area contributed by atoms with Gasteiger partial charge in [-0.05, 0) is 37.0 Å². The molecule has 0 fully saturated rings. The van der Waals surface area contributed by atoms with Crippen LogP contribution in [0.1, 0.15) is 37.9 Å². The van der Waals surface area contributed by atoms with E-state index in [0.717, 1.165) is 23.5 Å². The molecule has 0 aliphatic heterocycles. The molecule has 0 saturated carbocycles. The van der Waals surface area contributed by atoms with Gasteiger partial charge in [-0.3, -0.25) is 5.10 Å². The molecule has 0 aliphatic rings. The minimum atomic E-state index is 0.955. The summed E-state index contributed by atoms with van der Waals surface area (Å²) in [4.78, 5) is 0. The molecule has 18 heavy (non-hydrogen) atoms. The van der Waals surface area contributed by atoms with Crippen LogP contribution in [0.5, 0.6) is 0 Å². The van der Waals surface area contributed by atoms with Gasteiger partial charge in [0, 0.05) is 5.69 Å². The topological polar surface area (TPSA) is 40.7 Å². The van der Waals surface area contributed by atoms with Crippen molar-refractivity contribution in [2.75, 3.05) is 5.32 Å². The first-order valence-corrected chi connectivity index (χ1v) is 6.71. The molecule has 1 heterocycles. The summed E-state index contributed by atoms with van der Waals surface area (Å²) in [7, 11) is 0. The Kier molecular flexibility index (Phi) is 4.40. The molecule has 1 aromatic heterocycles. The van der Waals surface area contributed by atoms with E-state index in [1.165, 1.54) is 24.8 Å². The van der Waals surface area contributed by atoms with Crippen molar-refractivity contribution in [2.45, 2.75) is 39.5 Å². The van der Waals surface area contributed by atoms with Crippen LogP contribution in [0.4, 0.5) is 11.4 Å². The maximum Gasteiger partial charge on any atom is 0.0800 e. The van der Waals surface area contributed by atoms with Crippen LogP contribution < -0.4 is 5.32 Å². The Morgan fingerprint density at radius 3 is 2.61 bits per heavy atom. The van der Waals surface area contributed by atoms with E-state index in [0.29, 0.717) is 0 Å². The molecule has 0 atom stereocenters. The zero-order chi connectivity index (χ0) is 12.8. The maximum absolute atomic E-state index is 4.06. The van der Waals surface area contributed by atoms with Gasteiger partial charge in [0.2, 0.25) is 0 Å². The summed E-state index contributed by atoms with van der Waals surface area (Å²) in [5, 5.41) is 10.5. The second-order valence-corrected chi connectivity index (χ2v) is 4.54. The number of aromatic amines is 1. The Hall–Kier alpha value is -1.77. The third-order valence-electron chi connectivity index (χ3n) is 3.12. The largest absolute Gasteiger partial charge is 0.353 e. The lowest BCUT2D eigenvalue weighted by molar-refractivity contribution is 0.795. The van der Waals surface area contributed by atoms with E-state index < -0.39 is 0 Å². The highest BCUT2D eigenvalue weighted by atomic mass is 15.1. The van der Waals surface area contributed by atoms with Gasteiger partial charge >= 0.3 is 0 Å². The quantitative estimate of drug-likeness (QED) is 0.803. The van der Waals surface area contributed by atoms with Crippen molar-refractivity contribution < 1.29 is 0 Å². The molecule has 3 heteroatoms. The second-order valence-electron chi connectivity index (χ2n) is 4.54. The Morgan fingerprint density at radius 1 is 1.17 bits per heavy atom. The molecule has 0 unspecified atom stereocenters. The summed E-state index contributed by atoms with van der Waals surface area (Å²) < 4.78 is 0. The van der Waals surface area contributed by atoms with E-state index in [9.17, 15) is 0 Å². The van der Waals surface area contributed by atoms with Gasteiger partial charge in [0.05, 0.1) is 17.6 Å². The van der Waals surface area contributed by atoms with Gasteiger partial charge in [-0.15, -0.1) is 0 Å². The molecule has 1 aromatic carbocycles. The molecular weight excluding hydrogens is 222 g/mol. The summed E-state index contributed by atoms with van der Waals surface area (Å²) in [5.74, 6) is 0. The molecule has 0 radical (unpaired) electrons. The Bertz CT molecular complexity index is 471. The lowest BCUT2D eigenvalue weighted by Gasteiger charge is -2.07. The van der Waals surface area contributed by atoms with Crippen LogP contribution in [0.15, 0.2) is 30.5 Å². The van der Waals surface area contributed by atoms with Crippen molar-refractivity contribution in [1.29, 1.82) is 0 Å². The van der Waals surface area contributed by atoms with E-state index in [1.54, 1.807) is 0 Å². The third-order valence-corrected chi connectivity index (χ3v) is 3.12. The van der Waals surface area contributed by atoms with Crippen molar-refractivity contribution in [1.82, 2.24) is 10.2 Å². The second kappa shape index (κ2) is 6.24. The number of nitrogens with one attached hydrogen (secondary N) is 2. The van der Waals surface area contributed by atoms with Gasteiger partial charge < -0.3 is 5.32 Å². The van der Waals surface area contributed by atoms with Crippen molar-refractivity contribution in [3.05, 3.63) is 41.7 Å². The fourth-order valence-electron chi connectivity index (χ4n) is 1.98. The molecule has 2 N–H and O–H groups in total. The average Bonchev–Trinajstić information content (AvgIpc) is 2.85. The summed E-state index contributed by atoms with van der Waals surface area (Å²) in [6.07, 6.45) is 6.47. The van der Waals surface area contributed by atoms with Gasteiger partial charge in [0.15, 0.2) is 0 Å². The van der Waals surface area contributed by atoms with E-state index in [-0.39, 0.29) is 0 Å². The first-order chi connectivity index (χ1) is 8.83. The minimum absolute atomic E-state index is 0.955. The van der Waals surface area contributed by atoms with Crippen molar-refractivity contribution in [2.24, 2.45) is 0 Å². The average molecular weight is 243 g/mol. The molecule has 0 aliphatic carbocycles. The van der Waals surface area contributed by atoms with Crippen LogP contribution in [-0.2, 0) is 12.8 Å². The lowest BCUT2D eigenvalue weighted by Crippen LogP contribution is -1.93. The number of H-pyrrole nitrogens is 1. The van der Waals surface area contributed by atoms with Crippen molar-refractivity contribution in [3.63, 3.8) is 0 Å². The molecular formula is C15H21N3. The van der Waals surface area contributed by atoms with E-state index in [1.807, 2.05) is 6.20 Å². The highest BCUT2D eigenvalue weighted by Crippen LogP contribution is 2.20. The summed E-state index contributed by atoms with van der Waals surface area (Å²) >= 11 is 0. The van der Waals surface area contributed by atoms with E-state index in [2.05, 4.69) is 53.6 Å². The van der Waals surface area contributed by atoms with Gasteiger partial charge in [0.1, 0.15) is 0 Å². The van der Waals surface area contributed by atoms with E-state index in [4.69, 9.17) is 0 Å². The van der Waals surface area contributed by atoms with Crippen LogP contribution in [0, 0.1) is 0 Å². The summed E-state index contributed by atoms with van der Waals surface area (Å²) in [6.45, 7) is 4.34. The first kappa shape index (κ1) is 12.7. The maximum atomic E-state index is 4.06. The summed E-state index contributed by atoms with van der Waals surface area (Å²) in [5.41, 5.74) is 4.74. The molecule has 0 bridgehead atoms. The Labute approximate surface area is 109 Å². The Morgan fingerprint density at radius 2 is 1.94 bits per heavy atom. The monoisotopic (exact) mass is 243 g/mol. The first-order valence-electron chi connectivity index (χ1n) is 6.71. The fraction of sp³-hybridized carbons (Fsp3) is 0.400. The molecule has 0 saturated heterocycles. The molecule has 0 spiro atoms. The highest BCUT2D eigenvalue weighted by molar-refractivity contribution is 5.61. The zero-order valence-corrected chi connectivity index (χ0v) is 11.2. The fourth-order valence-corrected chi connectivity index (χ4v) is 1.98. The normalized spacial score (nSPS) is 10.6. The van der Waals surface area contributed by atoms with Crippen LogP contribution in [0.3, 0.4) is 0 Å². The van der Waals surface area contributed by atoms with Gasteiger partial charge in [-0.25, -0.2) is 0 Å². The third kappa shape index (κ3) is 3.13. The smallest absolute Gasteiger partial charge is 0.0800 e. The van der Waals surface area contributed by atoms with Gasteiger partial charge in [-0.1, -0.05) is 32.4 Å². The molecule has 2 rings (SSSR count). The predicted molar refractivity (Wildman–Crippen MR) is 76.3 cm³/mol. The number of benzene rings is 1. The number of anilines is 2. The summed E-state index contributed by atoms with van der Waals surface area (Å²) in [6, 6.07) is 8.67. The number of rotatable bonds is 6. The van der Waals surface area contributed by atoms with Gasteiger partial charge in [0.25, 0.3) is 0 Å². The minimum Gasteiger partial charge on any atom is -0.353 e. The molecule has 3 nitrogen and oxygen atoms in total. The molecule has 0 amide bonds. The van der Waals surface area contributed by atoms with Crippen LogP contribution in [0.25, 0.3) is 0 Å². The Balaban J connectivity index is 2.02. The lowest BCUT2D eigenvalue weighted by atomic mass is 10.1. The highest BCUT2D eigenvalue weighted by Gasteiger charge is 2.03. The molecule has 2 aromatic rings. The van der Waals surface area contributed by atoms with Crippen LogP contribution in [0.2, 0.25) is 0 Å². The van der Waals surface area contributed by atoms with Crippen molar-refractivity contribution in [3.8, 4) is 0 Å². The predicted octanol–water partition coefficient (Wildman–Crippen LogP) is 4.06. The number of aryl methyl sites for hydroxylation is 2. The van der Waals surface area contributed by atoms with Gasteiger partial charge in [-0.2, -0.15) is 5.10 Å². The number of unbranched alkanes of at least 4 members (excludes halogenated alkanes) is 1. The zero-order valence-electron chi connectivity index (χ0n) is 11.2. The van der Waals surface area contributed by atoms with Crippen LogP contribution >= 0.6 is 0 Å². The van der Waals surface area contributed by atoms with E-state index >= 15 is 0 Å². The number of hydrogen-bond acceptors (Lipinski definition) is 2. The molecule has 96 valence electrons. The number of hydrogen-bond donors (Lipinski definition) is 2. The standard InChI is InChI=1S/C15H21N3/c1-3-5-6-12-7-9-13(10-8-12)17-15-11-16-18-14(15)4-2/h7-11,17H,3-6H2,1-2H3,(H,16,18). The SMILES string of the molecule is CCCCc1ccc(Nc2cn[nH]c2CC)cc1. The van der Waals surface area contributed by atoms with Crippen LogP contribution in [-0.4, -0.2) is 10.2 Å². The number of nitrogens with zero attached hydrogens (tertiary/aromatic N) is 1. The van der Waals surface area contributed by atoms with Crippen molar-refractivity contribution >= 4 is 11.4 Å². The number of aromatic nitrogens is 2.